The second-order valence-corrected chi connectivity index (χ2v) is 7.50. The zero-order chi connectivity index (χ0) is 14.7. The summed E-state index contributed by atoms with van der Waals surface area (Å²) in [6.45, 7) is 1.04. The summed E-state index contributed by atoms with van der Waals surface area (Å²) >= 11 is 7.22. The topological polar surface area (TPSA) is 12.0 Å². The van der Waals surface area contributed by atoms with Crippen LogP contribution in [0.25, 0.3) is 0 Å². The van der Waals surface area contributed by atoms with Crippen LogP contribution in [0.1, 0.15) is 29.9 Å². The summed E-state index contributed by atoms with van der Waals surface area (Å²) in [5.74, 6) is 0.502. The molecular weight excluding hydrogens is 390 g/mol. The minimum atomic E-state index is 0.502. The van der Waals surface area contributed by atoms with Gasteiger partial charge in [-0.1, -0.05) is 62.2 Å². The third-order valence-corrected chi connectivity index (χ3v) is 5.22. The Morgan fingerprint density at radius 3 is 2.38 bits per heavy atom. The van der Waals surface area contributed by atoms with Gasteiger partial charge in [0.1, 0.15) is 0 Å². The van der Waals surface area contributed by atoms with Gasteiger partial charge in [-0.2, -0.15) is 0 Å². The van der Waals surface area contributed by atoms with Gasteiger partial charge in [-0.3, -0.25) is 0 Å². The van der Waals surface area contributed by atoms with E-state index in [4.69, 9.17) is 0 Å². The van der Waals surface area contributed by atoms with Gasteiger partial charge in [-0.15, -0.1) is 0 Å². The lowest BCUT2D eigenvalue weighted by Crippen LogP contribution is -2.25. The second-order valence-electron chi connectivity index (χ2n) is 5.73. The number of halogens is 2. The number of rotatable bonds is 6. The average molecular weight is 409 g/mol. The van der Waals surface area contributed by atoms with Crippen LogP contribution in [0.3, 0.4) is 0 Å². The third-order valence-electron chi connectivity index (χ3n) is 3.97. The third kappa shape index (κ3) is 4.41. The van der Waals surface area contributed by atoms with Crippen molar-refractivity contribution in [2.24, 2.45) is 0 Å². The fourth-order valence-corrected chi connectivity index (χ4v) is 3.47. The summed E-state index contributed by atoms with van der Waals surface area (Å²) in [5, 5.41) is 3.68. The molecule has 0 radical (unpaired) electrons. The molecular formula is C18H19Br2N. The average Bonchev–Trinajstić information content (AvgIpc) is 3.30. The molecule has 1 aliphatic rings. The van der Waals surface area contributed by atoms with Crippen LogP contribution in [0.15, 0.2) is 57.5 Å². The molecule has 1 unspecified atom stereocenters. The van der Waals surface area contributed by atoms with E-state index in [2.05, 4.69) is 85.7 Å². The van der Waals surface area contributed by atoms with Crippen LogP contribution in [0.4, 0.5) is 0 Å². The van der Waals surface area contributed by atoms with Gasteiger partial charge in [0.2, 0.25) is 0 Å². The lowest BCUT2D eigenvalue weighted by Gasteiger charge is -2.20. The monoisotopic (exact) mass is 407 g/mol. The van der Waals surface area contributed by atoms with E-state index >= 15 is 0 Å². The lowest BCUT2D eigenvalue weighted by atomic mass is 9.92. The van der Waals surface area contributed by atoms with E-state index in [-0.39, 0.29) is 0 Å². The molecule has 1 nitrogen and oxygen atoms in total. The molecule has 110 valence electrons. The van der Waals surface area contributed by atoms with Crippen molar-refractivity contribution in [3.63, 3.8) is 0 Å². The quantitative estimate of drug-likeness (QED) is 0.684. The maximum absolute atomic E-state index is 3.71. The predicted octanol–water partition coefficient (Wildman–Crippen LogP) is 5.29. The Morgan fingerprint density at radius 1 is 1.00 bits per heavy atom. The van der Waals surface area contributed by atoms with Crippen molar-refractivity contribution in [3.05, 3.63) is 68.6 Å². The Bertz CT molecular complexity index is 590. The van der Waals surface area contributed by atoms with Gasteiger partial charge in [0.05, 0.1) is 0 Å². The largest absolute Gasteiger partial charge is 0.313 e. The van der Waals surface area contributed by atoms with Crippen molar-refractivity contribution in [2.45, 2.75) is 31.2 Å². The second kappa shape index (κ2) is 7.08. The van der Waals surface area contributed by atoms with Crippen molar-refractivity contribution in [1.29, 1.82) is 0 Å². The van der Waals surface area contributed by atoms with Gasteiger partial charge in [-0.05, 0) is 48.6 Å². The molecule has 0 saturated heterocycles. The summed E-state index contributed by atoms with van der Waals surface area (Å²) in [7, 11) is 0. The number of benzene rings is 2. The fraction of sp³-hybridized carbons (Fsp3) is 0.333. The molecule has 1 atom stereocenters. The maximum Gasteiger partial charge on any atom is 0.0210 e. The highest BCUT2D eigenvalue weighted by Crippen LogP contribution is 2.29. The van der Waals surface area contributed by atoms with E-state index < -0.39 is 0 Å². The summed E-state index contributed by atoms with van der Waals surface area (Å²) in [5.41, 5.74) is 2.78. The van der Waals surface area contributed by atoms with Crippen molar-refractivity contribution in [3.8, 4) is 0 Å². The molecule has 0 aromatic heterocycles. The lowest BCUT2D eigenvalue weighted by molar-refractivity contribution is 0.575. The molecule has 0 bridgehead atoms. The minimum Gasteiger partial charge on any atom is -0.313 e. The first-order valence-corrected chi connectivity index (χ1v) is 9.03. The van der Waals surface area contributed by atoms with Crippen molar-refractivity contribution in [2.75, 3.05) is 6.54 Å². The van der Waals surface area contributed by atoms with E-state index in [1.165, 1.54) is 28.4 Å². The molecule has 3 rings (SSSR count). The molecule has 1 fully saturated rings. The van der Waals surface area contributed by atoms with Crippen molar-refractivity contribution in [1.82, 2.24) is 5.32 Å². The Kier molecular flexibility index (Phi) is 5.15. The molecule has 0 aliphatic heterocycles. The smallest absolute Gasteiger partial charge is 0.0210 e. The van der Waals surface area contributed by atoms with Crippen LogP contribution in [0.2, 0.25) is 0 Å². The van der Waals surface area contributed by atoms with Crippen LogP contribution in [0.5, 0.6) is 0 Å². The van der Waals surface area contributed by atoms with Crippen molar-refractivity contribution < 1.29 is 0 Å². The van der Waals surface area contributed by atoms with Crippen LogP contribution in [-0.2, 0) is 6.42 Å². The van der Waals surface area contributed by atoms with Gasteiger partial charge in [-0.25, -0.2) is 0 Å². The molecule has 0 spiro atoms. The first-order valence-electron chi connectivity index (χ1n) is 7.44. The van der Waals surface area contributed by atoms with Crippen LogP contribution in [-0.4, -0.2) is 12.6 Å². The molecule has 1 N–H and O–H groups in total. The first-order chi connectivity index (χ1) is 10.2. The van der Waals surface area contributed by atoms with Gasteiger partial charge in [0.15, 0.2) is 0 Å². The first kappa shape index (κ1) is 15.3. The normalized spacial score (nSPS) is 15.9. The molecule has 2 aromatic carbocycles. The van der Waals surface area contributed by atoms with Crippen LogP contribution >= 0.6 is 31.9 Å². The zero-order valence-electron chi connectivity index (χ0n) is 11.9. The van der Waals surface area contributed by atoms with Gasteiger partial charge >= 0.3 is 0 Å². The summed E-state index contributed by atoms with van der Waals surface area (Å²) < 4.78 is 2.35. The molecule has 0 amide bonds. The Morgan fingerprint density at radius 2 is 1.71 bits per heavy atom. The maximum atomic E-state index is 3.71. The van der Waals surface area contributed by atoms with Gasteiger partial charge < -0.3 is 5.32 Å². The fourth-order valence-electron chi connectivity index (χ4n) is 2.60. The number of nitrogens with one attached hydrogen (secondary N) is 1. The predicted molar refractivity (Wildman–Crippen MR) is 95.8 cm³/mol. The summed E-state index contributed by atoms with van der Waals surface area (Å²) in [4.78, 5) is 0. The van der Waals surface area contributed by atoms with Gasteiger partial charge in [0, 0.05) is 27.4 Å². The highest BCUT2D eigenvalue weighted by molar-refractivity contribution is 9.10. The van der Waals surface area contributed by atoms with E-state index in [0.717, 1.165) is 23.5 Å². The summed E-state index contributed by atoms with van der Waals surface area (Å²) in [6.07, 6.45) is 3.73. The van der Waals surface area contributed by atoms with Gasteiger partial charge in [0.25, 0.3) is 0 Å². The van der Waals surface area contributed by atoms with Crippen LogP contribution in [0, 0.1) is 0 Å². The van der Waals surface area contributed by atoms with E-state index in [1.54, 1.807) is 0 Å². The Labute approximate surface area is 143 Å². The summed E-state index contributed by atoms with van der Waals surface area (Å²) in [6, 6.07) is 18.0. The molecule has 1 saturated carbocycles. The van der Waals surface area contributed by atoms with Crippen molar-refractivity contribution >= 4 is 31.9 Å². The Balaban J connectivity index is 1.77. The standard InChI is InChI=1S/C18H19Br2N/c19-15-7-5-13(6-8-15)11-14(12-21-16-9-10-16)17-3-1-2-4-18(17)20/h1-8,14,16,21H,9-12H2. The molecule has 2 aromatic rings. The van der Waals surface area contributed by atoms with Crippen LogP contribution < -0.4 is 5.32 Å². The minimum absolute atomic E-state index is 0.502. The van der Waals surface area contributed by atoms with E-state index in [9.17, 15) is 0 Å². The SMILES string of the molecule is Brc1ccc(CC(CNC2CC2)c2ccccc2Br)cc1. The highest BCUT2D eigenvalue weighted by atomic mass is 79.9. The molecule has 21 heavy (non-hydrogen) atoms. The van der Waals surface area contributed by atoms with E-state index in [1.807, 2.05) is 0 Å². The number of hydrogen-bond donors (Lipinski definition) is 1. The Hall–Kier alpha value is -0.640. The molecule has 3 heteroatoms. The number of hydrogen-bond acceptors (Lipinski definition) is 1. The molecule has 0 heterocycles. The molecule has 1 aliphatic carbocycles. The van der Waals surface area contributed by atoms with E-state index in [0.29, 0.717) is 5.92 Å². The zero-order valence-corrected chi connectivity index (χ0v) is 15.0. The highest BCUT2D eigenvalue weighted by Gasteiger charge is 2.23.